The first-order valence-electron chi connectivity index (χ1n) is 29.7. The standard InChI is InChI=1S/C80H46N8/c81-47-61-75(85-63-35-15-7-27-51(63)52-28-8-16-36-64(52)85)62(48-82)79(88-68-40-20-12-32-56(68)58-44-46-72-74(77(58)88)60-34-14-22-42-70(60)84(72)50-25-5-2-6-26-50)80(86-65-37-17-9-29-53(65)54-30-10-18-38-66(54)86)78(61)87-67-39-19-11-31-55(67)57-43-45-71-73(76(57)87)59-33-13-21-41-69(59)83(71)49-23-3-1-4-24-49/h1-46H. The van der Waals surface area contributed by atoms with Crippen molar-refractivity contribution in [2.24, 2.45) is 0 Å². The van der Waals surface area contributed by atoms with Gasteiger partial charge in [-0.1, -0.05) is 194 Å². The molecular formula is C80H46N8. The lowest BCUT2D eigenvalue weighted by molar-refractivity contribution is 1.02. The molecule has 19 aromatic rings. The van der Waals surface area contributed by atoms with Gasteiger partial charge in [0, 0.05) is 76.0 Å². The zero-order chi connectivity index (χ0) is 57.9. The van der Waals surface area contributed by atoms with E-state index in [1.54, 1.807) is 0 Å². The van der Waals surface area contributed by atoms with Crippen LogP contribution in [-0.2, 0) is 0 Å². The monoisotopic (exact) mass is 1120 g/mol. The molecule has 13 aromatic carbocycles. The van der Waals surface area contributed by atoms with E-state index in [1.807, 2.05) is 0 Å². The van der Waals surface area contributed by atoms with Gasteiger partial charge >= 0.3 is 0 Å². The van der Waals surface area contributed by atoms with E-state index in [1.165, 1.54) is 0 Å². The van der Waals surface area contributed by atoms with Crippen LogP contribution in [0.2, 0.25) is 0 Å². The topological polar surface area (TPSA) is 77.2 Å². The Morgan fingerprint density at radius 2 is 0.455 bits per heavy atom. The molecule has 0 N–H and O–H groups in total. The highest BCUT2D eigenvalue weighted by atomic mass is 15.1. The average Bonchev–Trinajstić information content (AvgIpc) is 1.50. The molecule has 0 fully saturated rings. The first kappa shape index (κ1) is 48.1. The number of hydrogen-bond donors (Lipinski definition) is 0. The molecule has 0 spiro atoms. The Morgan fingerprint density at radius 1 is 0.193 bits per heavy atom. The van der Waals surface area contributed by atoms with Crippen molar-refractivity contribution >= 4 is 131 Å². The van der Waals surface area contributed by atoms with E-state index in [0.29, 0.717) is 33.9 Å². The number of aromatic nitrogens is 6. The van der Waals surface area contributed by atoms with E-state index in [0.717, 1.165) is 142 Å². The van der Waals surface area contributed by atoms with Crippen LogP contribution in [-0.4, -0.2) is 27.4 Å². The van der Waals surface area contributed by atoms with Crippen molar-refractivity contribution in [2.75, 3.05) is 0 Å². The Morgan fingerprint density at radius 3 is 0.784 bits per heavy atom. The molecular weight excluding hydrogens is 1070 g/mol. The molecule has 8 heteroatoms. The molecule has 8 nitrogen and oxygen atoms in total. The molecule has 6 aromatic heterocycles. The number of nitrogens with zero attached hydrogens (tertiary/aromatic N) is 8. The Labute approximate surface area is 502 Å². The summed E-state index contributed by atoms with van der Waals surface area (Å²) in [7, 11) is 0. The van der Waals surface area contributed by atoms with Crippen molar-refractivity contribution < 1.29 is 0 Å². The SMILES string of the molecule is N#Cc1c(-n2c3ccccc3c3ccccc32)c(C#N)c(-n2c3ccccc3c3ccc4c(c5ccccc5n4-c4ccccc4)c32)c(-n2c3ccccc3c3ccccc32)c1-n1c2ccccc2c2ccc3c(c4ccccc4n3-c3ccccc3)c21. The summed E-state index contributed by atoms with van der Waals surface area (Å²) in [6, 6.07) is 105. The van der Waals surface area contributed by atoms with Gasteiger partial charge in [0.2, 0.25) is 0 Å². The third-order valence-electron chi connectivity index (χ3n) is 18.6. The zero-order valence-corrected chi connectivity index (χ0v) is 47.1. The summed E-state index contributed by atoms with van der Waals surface area (Å²) in [6.45, 7) is 0. The van der Waals surface area contributed by atoms with Gasteiger partial charge in [-0.3, -0.25) is 0 Å². The number of rotatable bonds is 6. The van der Waals surface area contributed by atoms with E-state index in [9.17, 15) is 10.5 Å². The minimum absolute atomic E-state index is 0.349. The first-order chi connectivity index (χ1) is 43.7. The molecule has 0 aliphatic heterocycles. The zero-order valence-electron chi connectivity index (χ0n) is 47.1. The molecule has 0 amide bonds. The molecule has 0 bridgehead atoms. The molecule has 88 heavy (non-hydrogen) atoms. The molecule has 0 unspecified atom stereocenters. The maximum atomic E-state index is 13.0. The Hall–Kier alpha value is -12.4. The molecule has 406 valence electrons. The second kappa shape index (κ2) is 18.1. The number of fused-ring (bicyclic) bond motifs is 20. The molecule has 0 saturated carbocycles. The van der Waals surface area contributed by atoms with Crippen molar-refractivity contribution in [1.29, 1.82) is 10.5 Å². The van der Waals surface area contributed by atoms with Gasteiger partial charge in [-0.15, -0.1) is 0 Å². The summed E-state index contributed by atoms with van der Waals surface area (Å²) in [4.78, 5) is 0. The van der Waals surface area contributed by atoms with E-state index in [4.69, 9.17) is 0 Å². The summed E-state index contributed by atoms with van der Waals surface area (Å²) < 4.78 is 14.1. The molecule has 0 aliphatic carbocycles. The molecule has 19 rings (SSSR count). The molecule has 0 saturated heterocycles. The van der Waals surface area contributed by atoms with Gasteiger partial charge in [-0.05, 0) is 84.9 Å². The predicted octanol–water partition coefficient (Wildman–Crippen LogP) is 20.0. The van der Waals surface area contributed by atoms with Crippen molar-refractivity contribution in [3.63, 3.8) is 0 Å². The summed E-state index contributed by atoms with van der Waals surface area (Å²) >= 11 is 0. The van der Waals surface area contributed by atoms with Gasteiger partial charge in [0.15, 0.2) is 0 Å². The largest absolute Gasteiger partial charge is 0.309 e. The minimum Gasteiger partial charge on any atom is -0.309 e. The lowest BCUT2D eigenvalue weighted by Gasteiger charge is -2.27. The lowest BCUT2D eigenvalue weighted by Crippen LogP contribution is -2.17. The van der Waals surface area contributed by atoms with Crippen LogP contribution in [0.25, 0.3) is 165 Å². The number of para-hydroxylation sites is 10. The minimum atomic E-state index is 0.349. The van der Waals surface area contributed by atoms with Crippen LogP contribution >= 0.6 is 0 Å². The quantitative estimate of drug-likeness (QED) is 0.166. The van der Waals surface area contributed by atoms with Crippen molar-refractivity contribution in [1.82, 2.24) is 27.4 Å². The molecule has 0 aliphatic rings. The molecule has 0 radical (unpaired) electrons. The fraction of sp³-hybridized carbons (Fsp3) is 0. The molecule has 0 atom stereocenters. The van der Waals surface area contributed by atoms with Crippen LogP contribution < -0.4 is 0 Å². The highest BCUT2D eigenvalue weighted by Crippen LogP contribution is 2.52. The van der Waals surface area contributed by atoms with Gasteiger partial charge in [0.05, 0.1) is 88.9 Å². The van der Waals surface area contributed by atoms with E-state index in [-0.39, 0.29) is 0 Å². The van der Waals surface area contributed by atoms with E-state index in [2.05, 4.69) is 319 Å². The van der Waals surface area contributed by atoms with Crippen LogP contribution in [0.15, 0.2) is 279 Å². The Kier molecular flexibility index (Phi) is 9.87. The highest BCUT2D eigenvalue weighted by molar-refractivity contribution is 6.29. The number of benzene rings is 13. The number of nitriles is 2. The average molecular weight is 1120 g/mol. The third kappa shape index (κ3) is 6.24. The lowest BCUT2D eigenvalue weighted by atomic mass is 9.98. The normalized spacial score (nSPS) is 12.1. The molecule has 6 heterocycles. The summed E-state index contributed by atoms with van der Waals surface area (Å²) in [5, 5.41) is 38.5. The van der Waals surface area contributed by atoms with E-state index < -0.39 is 0 Å². The second-order valence-corrected chi connectivity index (χ2v) is 22.9. The smallest absolute Gasteiger partial charge is 0.104 e. The third-order valence-corrected chi connectivity index (χ3v) is 18.6. The summed E-state index contributed by atoms with van der Waals surface area (Å²) in [5.41, 5.74) is 16.8. The van der Waals surface area contributed by atoms with Crippen molar-refractivity contribution in [2.45, 2.75) is 0 Å². The van der Waals surface area contributed by atoms with Crippen LogP contribution in [0.1, 0.15) is 11.1 Å². The van der Waals surface area contributed by atoms with Gasteiger partial charge in [0.25, 0.3) is 0 Å². The van der Waals surface area contributed by atoms with Gasteiger partial charge < -0.3 is 27.4 Å². The fourth-order valence-electron chi connectivity index (χ4n) is 15.3. The van der Waals surface area contributed by atoms with Crippen molar-refractivity contribution in [3.05, 3.63) is 290 Å². The second-order valence-electron chi connectivity index (χ2n) is 22.9. The first-order valence-corrected chi connectivity index (χ1v) is 29.7. The maximum Gasteiger partial charge on any atom is 0.104 e. The van der Waals surface area contributed by atoms with Gasteiger partial charge in [0.1, 0.15) is 23.3 Å². The highest BCUT2D eigenvalue weighted by Gasteiger charge is 2.36. The predicted molar refractivity (Wildman–Crippen MR) is 362 cm³/mol. The Bertz CT molecular complexity index is 5950. The van der Waals surface area contributed by atoms with Gasteiger partial charge in [-0.25, -0.2) is 0 Å². The number of hydrogen-bond acceptors (Lipinski definition) is 2. The van der Waals surface area contributed by atoms with Gasteiger partial charge in [-0.2, -0.15) is 10.5 Å². The van der Waals surface area contributed by atoms with Crippen LogP contribution in [0.3, 0.4) is 0 Å². The van der Waals surface area contributed by atoms with Crippen LogP contribution in [0.4, 0.5) is 0 Å². The fourth-order valence-corrected chi connectivity index (χ4v) is 15.3. The summed E-state index contributed by atoms with van der Waals surface area (Å²) in [6.07, 6.45) is 0. The maximum absolute atomic E-state index is 13.0. The summed E-state index contributed by atoms with van der Waals surface area (Å²) in [5.74, 6) is 0. The van der Waals surface area contributed by atoms with Crippen LogP contribution in [0, 0.1) is 22.7 Å². The van der Waals surface area contributed by atoms with Crippen molar-refractivity contribution in [3.8, 4) is 46.3 Å². The Balaban J connectivity index is 1.15. The van der Waals surface area contributed by atoms with Crippen LogP contribution in [0.5, 0.6) is 0 Å². The van der Waals surface area contributed by atoms with E-state index >= 15 is 0 Å².